The van der Waals surface area contributed by atoms with E-state index in [-0.39, 0.29) is 5.56 Å². The van der Waals surface area contributed by atoms with Gasteiger partial charge >= 0.3 is 15.2 Å². The molecule has 0 amide bonds. The molecule has 0 unspecified atom stereocenters. The summed E-state index contributed by atoms with van der Waals surface area (Å²) in [5.74, 6) is 0. The van der Waals surface area contributed by atoms with E-state index in [2.05, 4.69) is 0 Å². The summed E-state index contributed by atoms with van der Waals surface area (Å²) in [4.78, 5) is 0. The average molecular weight is 271 g/mol. The lowest BCUT2D eigenvalue weighted by Gasteiger charge is -2.24. The summed E-state index contributed by atoms with van der Waals surface area (Å²) in [6.07, 6.45) is 0.447. The Morgan fingerprint density at radius 2 is 1.83 bits per heavy atom. The SMILES string of the molecule is CCC(C)(C)[N+]([O-])=C(c1ccccc1)S(=O)(=O)O. The molecule has 1 aromatic carbocycles. The monoisotopic (exact) mass is 271 g/mol. The van der Waals surface area contributed by atoms with Crippen LogP contribution in [0.15, 0.2) is 30.3 Å². The van der Waals surface area contributed by atoms with Crippen LogP contribution in [0.1, 0.15) is 32.8 Å². The Bertz CT molecular complexity index is 547. The van der Waals surface area contributed by atoms with E-state index in [0.717, 1.165) is 0 Å². The Hall–Kier alpha value is -1.40. The summed E-state index contributed by atoms with van der Waals surface area (Å²) in [6.45, 7) is 5.01. The Kier molecular flexibility index (Phi) is 4.13. The third-order valence-electron chi connectivity index (χ3n) is 2.86. The highest BCUT2D eigenvalue weighted by atomic mass is 32.2. The second kappa shape index (κ2) is 5.07. The van der Waals surface area contributed by atoms with E-state index in [4.69, 9.17) is 0 Å². The van der Waals surface area contributed by atoms with Gasteiger partial charge in [0.25, 0.3) is 0 Å². The van der Waals surface area contributed by atoms with E-state index in [1.807, 2.05) is 0 Å². The van der Waals surface area contributed by atoms with Gasteiger partial charge in [-0.2, -0.15) is 13.2 Å². The molecule has 0 aromatic heterocycles. The fraction of sp³-hybridized carbons (Fsp3) is 0.417. The van der Waals surface area contributed by atoms with Crippen molar-refractivity contribution in [2.24, 2.45) is 0 Å². The molecule has 0 saturated carbocycles. The number of hydroxylamine groups is 1. The molecule has 1 aromatic rings. The predicted molar refractivity (Wildman–Crippen MR) is 70.1 cm³/mol. The van der Waals surface area contributed by atoms with Crippen molar-refractivity contribution in [3.63, 3.8) is 0 Å². The van der Waals surface area contributed by atoms with Crippen LogP contribution in [0.3, 0.4) is 0 Å². The number of nitrogens with zero attached hydrogens (tertiary/aromatic N) is 1. The summed E-state index contributed by atoms with van der Waals surface area (Å²) < 4.78 is 32.4. The van der Waals surface area contributed by atoms with Gasteiger partial charge in [0.1, 0.15) is 0 Å². The van der Waals surface area contributed by atoms with Crippen molar-refractivity contribution >= 4 is 15.2 Å². The molecule has 0 atom stereocenters. The van der Waals surface area contributed by atoms with Crippen LogP contribution in [-0.4, -0.2) is 28.3 Å². The molecule has 1 rings (SSSR count). The van der Waals surface area contributed by atoms with Crippen LogP contribution in [0.5, 0.6) is 0 Å². The highest BCUT2D eigenvalue weighted by molar-refractivity contribution is 8.01. The van der Waals surface area contributed by atoms with E-state index in [9.17, 15) is 18.2 Å². The molecular formula is C12H17NO4S. The van der Waals surface area contributed by atoms with Crippen molar-refractivity contribution in [3.8, 4) is 0 Å². The molecule has 0 fully saturated rings. The van der Waals surface area contributed by atoms with E-state index < -0.39 is 20.7 Å². The summed E-state index contributed by atoms with van der Waals surface area (Å²) in [7, 11) is -4.58. The molecule has 5 nitrogen and oxygen atoms in total. The fourth-order valence-corrected chi connectivity index (χ4v) is 2.26. The summed E-state index contributed by atoms with van der Waals surface area (Å²) in [6, 6.07) is 7.85. The van der Waals surface area contributed by atoms with Gasteiger partial charge in [0.05, 0.1) is 5.56 Å². The lowest BCUT2D eigenvalue weighted by molar-refractivity contribution is -0.538. The van der Waals surface area contributed by atoms with E-state index >= 15 is 0 Å². The summed E-state index contributed by atoms with van der Waals surface area (Å²) in [5, 5.41) is 11.6. The first kappa shape index (κ1) is 14.7. The molecule has 0 spiro atoms. The zero-order valence-electron chi connectivity index (χ0n) is 10.6. The minimum atomic E-state index is -4.58. The van der Waals surface area contributed by atoms with Crippen molar-refractivity contribution in [2.45, 2.75) is 32.7 Å². The van der Waals surface area contributed by atoms with Gasteiger partial charge in [-0.3, -0.25) is 4.55 Å². The smallest absolute Gasteiger partial charge is 0.356 e. The largest absolute Gasteiger partial charge is 0.622 e. The van der Waals surface area contributed by atoms with Crippen LogP contribution in [0.4, 0.5) is 0 Å². The van der Waals surface area contributed by atoms with E-state index in [1.54, 1.807) is 39.0 Å². The molecule has 6 heteroatoms. The highest BCUT2D eigenvalue weighted by Crippen LogP contribution is 2.17. The fourth-order valence-electron chi connectivity index (χ4n) is 1.37. The molecule has 100 valence electrons. The number of hydrogen-bond donors (Lipinski definition) is 1. The Morgan fingerprint density at radius 1 is 1.33 bits per heavy atom. The maximum Gasteiger partial charge on any atom is 0.356 e. The van der Waals surface area contributed by atoms with Crippen molar-refractivity contribution < 1.29 is 17.7 Å². The molecule has 0 bridgehead atoms. The van der Waals surface area contributed by atoms with Gasteiger partial charge in [-0.1, -0.05) is 25.1 Å². The maximum atomic E-state index is 12.2. The number of benzene rings is 1. The first-order valence-corrected chi connectivity index (χ1v) is 7.01. The van der Waals surface area contributed by atoms with Gasteiger partial charge in [-0.25, -0.2) is 0 Å². The van der Waals surface area contributed by atoms with Crippen LogP contribution < -0.4 is 0 Å². The van der Waals surface area contributed by atoms with Crippen LogP contribution in [0.25, 0.3) is 0 Å². The minimum absolute atomic E-state index is 0.177. The molecule has 1 N–H and O–H groups in total. The van der Waals surface area contributed by atoms with Crippen molar-refractivity contribution in [2.75, 3.05) is 0 Å². The minimum Gasteiger partial charge on any atom is -0.622 e. The highest BCUT2D eigenvalue weighted by Gasteiger charge is 2.34. The lowest BCUT2D eigenvalue weighted by atomic mass is 10.0. The third kappa shape index (κ3) is 3.08. The van der Waals surface area contributed by atoms with Crippen LogP contribution >= 0.6 is 0 Å². The Labute approximate surface area is 107 Å². The van der Waals surface area contributed by atoms with Gasteiger partial charge < -0.3 is 5.21 Å². The van der Waals surface area contributed by atoms with Gasteiger partial charge in [-0.15, -0.1) is 0 Å². The predicted octanol–water partition coefficient (Wildman–Crippen LogP) is 2.02. The van der Waals surface area contributed by atoms with Crippen molar-refractivity contribution in [1.82, 2.24) is 0 Å². The third-order valence-corrected chi connectivity index (χ3v) is 3.75. The first-order valence-electron chi connectivity index (χ1n) is 5.57. The Morgan fingerprint density at radius 3 is 2.22 bits per heavy atom. The van der Waals surface area contributed by atoms with E-state index in [1.165, 1.54) is 12.1 Å². The first-order chi connectivity index (χ1) is 8.20. The zero-order chi connectivity index (χ0) is 14.0. The summed E-state index contributed by atoms with van der Waals surface area (Å²) in [5.41, 5.74) is -0.738. The molecule has 0 saturated heterocycles. The molecule has 0 radical (unpaired) electrons. The summed E-state index contributed by atoms with van der Waals surface area (Å²) >= 11 is 0. The van der Waals surface area contributed by atoms with Gasteiger partial charge in [0.2, 0.25) is 0 Å². The van der Waals surface area contributed by atoms with Crippen molar-refractivity contribution in [1.29, 1.82) is 0 Å². The molecule has 0 aliphatic heterocycles. The van der Waals surface area contributed by atoms with Crippen LogP contribution in [-0.2, 0) is 10.1 Å². The van der Waals surface area contributed by atoms with Gasteiger partial charge in [-0.05, 0) is 12.1 Å². The molecule has 18 heavy (non-hydrogen) atoms. The Balaban J connectivity index is 3.56. The van der Waals surface area contributed by atoms with Gasteiger partial charge in [0, 0.05) is 20.3 Å². The van der Waals surface area contributed by atoms with Gasteiger partial charge in [0.15, 0.2) is 5.54 Å². The average Bonchev–Trinajstić information content (AvgIpc) is 2.28. The molecule has 0 aliphatic rings. The second-order valence-corrected chi connectivity index (χ2v) is 5.94. The quantitative estimate of drug-likeness (QED) is 0.228. The molecule has 0 heterocycles. The zero-order valence-corrected chi connectivity index (χ0v) is 11.4. The van der Waals surface area contributed by atoms with Crippen LogP contribution in [0.2, 0.25) is 0 Å². The van der Waals surface area contributed by atoms with Crippen LogP contribution in [0, 0.1) is 5.21 Å². The second-order valence-electron chi connectivity index (χ2n) is 4.61. The molecular weight excluding hydrogens is 254 g/mol. The van der Waals surface area contributed by atoms with E-state index in [0.29, 0.717) is 11.2 Å². The number of rotatable bonds is 3. The topological polar surface area (TPSA) is 80.4 Å². The molecule has 0 aliphatic carbocycles. The normalized spacial score (nSPS) is 14.2. The standard InChI is InChI=1S/C12H17NO4S/c1-4-12(2,3)13(14)11(18(15,16)17)10-8-6-5-7-9-10/h5-9H,4H2,1-3H3,(H,15,16,17). The van der Waals surface area contributed by atoms with Crippen molar-refractivity contribution in [3.05, 3.63) is 41.1 Å². The number of hydrogen-bond acceptors (Lipinski definition) is 3. The maximum absolute atomic E-state index is 12.2. The lowest BCUT2D eigenvalue weighted by Crippen LogP contribution is -2.39.